The molecule has 1 aliphatic rings. The molecule has 0 saturated carbocycles. The summed E-state index contributed by atoms with van der Waals surface area (Å²) in [5.41, 5.74) is 1.48. The molecule has 1 atom stereocenters. The second kappa shape index (κ2) is 3.26. The fraction of sp³-hybridized carbons (Fsp3) is 0.545. The highest BCUT2D eigenvalue weighted by molar-refractivity contribution is 5.90. The SMILES string of the molecule is C/C=C(\C)C1(C)C=CC(=O)CC1. The van der Waals surface area contributed by atoms with Gasteiger partial charge < -0.3 is 0 Å². The summed E-state index contributed by atoms with van der Waals surface area (Å²) in [5, 5.41) is 0. The van der Waals surface area contributed by atoms with Gasteiger partial charge in [-0.2, -0.15) is 0 Å². The Labute approximate surface area is 74.2 Å². The monoisotopic (exact) mass is 164 g/mol. The standard InChI is InChI=1S/C11H16O/c1-4-9(2)11(3)7-5-10(12)6-8-11/h4-5,7H,6,8H2,1-3H3/b9-4+. The fourth-order valence-electron chi connectivity index (χ4n) is 1.48. The molecule has 1 aliphatic carbocycles. The minimum atomic E-state index is 0.128. The number of allylic oxidation sites excluding steroid dienone is 4. The molecule has 0 fully saturated rings. The van der Waals surface area contributed by atoms with Crippen molar-refractivity contribution < 1.29 is 4.79 Å². The van der Waals surface area contributed by atoms with Gasteiger partial charge in [0.25, 0.3) is 0 Å². The van der Waals surface area contributed by atoms with Crippen molar-refractivity contribution in [2.75, 3.05) is 0 Å². The van der Waals surface area contributed by atoms with Gasteiger partial charge in [-0.15, -0.1) is 0 Å². The van der Waals surface area contributed by atoms with Crippen molar-refractivity contribution in [3.8, 4) is 0 Å². The van der Waals surface area contributed by atoms with E-state index >= 15 is 0 Å². The smallest absolute Gasteiger partial charge is 0.155 e. The van der Waals surface area contributed by atoms with E-state index in [4.69, 9.17) is 0 Å². The summed E-state index contributed by atoms with van der Waals surface area (Å²) >= 11 is 0. The summed E-state index contributed by atoms with van der Waals surface area (Å²) in [4.78, 5) is 11.0. The summed E-state index contributed by atoms with van der Waals surface area (Å²) in [6.45, 7) is 6.36. The predicted octanol–water partition coefficient (Wildman–Crippen LogP) is 2.88. The van der Waals surface area contributed by atoms with Crippen molar-refractivity contribution >= 4 is 5.78 Å². The Bertz CT molecular complexity index is 248. The first-order valence-electron chi connectivity index (χ1n) is 4.44. The van der Waals surface area contributed by atoms with Crippen LogP contribution >= 0.6 is 0 Å². The molecular weight excluding hydrogens is 148 g/mol. The lowest BCUT2D eigenvalue weighted by Crippen LogP contribution is -2.20. The van der Waals surface area contributed by atoms with Crippen molar-refractivity contribution in [1.29, 1.82) is 0 Å². The molecule has 0 aromatic rings. The summed E-state index contributed by atoms with van der Waals surface area (Å²) < 4.78 is 0. The van der Waals surface area contributed by atoms with Crippen LogP contribution in [0, 0.1) is 5.41 Å². The molecule has 0 N–H and O–H groups in total. The molecule has 0 amide bonds. The van der Waals surface area contributed by atoms with E-state index in [2.05, 4.69) is 19.9 Å². The number of rotatable bonds is 1. The molecule has 1 heteroatoms. The molecule has 0 aromatic carbocycles. The average Bonchev–Trinajstić information content (AvgIpc) is 2.09. The number of ketones is 1. The maximum atomic E-state index is 11.0. The molecule has 0 bridgehead atoms. The van der Waals surface area contributed by atoms with Crippen LogP contribution in [0.1, 0.15) is 33.6 Å². The molecule has 1 rings (SSSR count). The van der Waals surface area contributed by atoms with E-state index < -0.39 is 0 Å². The molecule has 0 radical (unpaired) electrons. The van der Waals surface area contributed by atoms with E-state index in [0.717, 1.165) is 6.42 Å². The highest BCUT2D eigenvalue weighted by Crippen LogP contribution is 2.36. The van der Waals surface area contributed by atoms with Gasteiger partial charge in [-0.1, -0.05) is 24.6 Å². The van der Waals surface area contributed by atoms with Crippen LogP contribution in [0.15, 0.2) is 23.8 Å². The van der Waals surface area contributed by atoms with Gasteiger partial charge in [-0.25, -0.2) is 0 Å². The molecule has 0 aliphatic heterocycles. The van der Waals surface area contributed by atoms with Gasteiger partial charge in [-0.05, 0) is 26.3 Å². The first-order chi connectivity index (χ1) is 5.58. The Morgan fingerprint density at radius 3 is 2.75 bits per heavy atom. The summed E-state index contributed by atoms with van der Waals surface area (Å²) in [7, 11) is 0. The number of carbonyl (C=O) groups excluding carboxylic acids is 1. The molecule has 66 valence electrons. The zero-order valence-corrected chi connectivity index (χ0v) is 8.05. The average molecular weight is 164 g/mol. The van der Waals surface area contributed by atoms with E-state index in [-0.39, 0.29) is 11.2 Å². The largest absolute Gasteiger partial charge is 0.295 e. The van der Waals surface area contributed by atoms with Gasteiger partial charge in [-0.3, -0.25) is 4.79 Å². The number of carbonyl (C=O) groups is 1. The van der Waals surface area contributed by atoms with Crippen LogP contribution in [-0.4, -0.2) is 5.78 Å². The molecule has 0 saturated heterocycles. The van der Waals surface area contributed by atoms with E-state index in [1.807, 2.05) is 13.0 Å². The normalized spacial score (nSPS) is 30.9. The third-order valence-electron chi connectivity index (χ3n) is 2.86. The van der Waals surface area contributed by atoms with Crippen molar-refractivity contribution in [1.82, 2.24) is 0 Å². The van der Waals surface area contributed by atoms with Gasteiger partial charge in [0.05, 0.1) is 0 Å². The predicted molar refractivity (Wildman–Crippen MR) is 50.9 cm³/mol. The van der Waals surface area contributed by atoms with Gasteiger partial charge in [0.2, 0.25) is 0 Å². The zero-order valence-electron chi connectivity index (χ0n) is 8.05. The Morgan fingerprint density at radius 1 is 1.67 bits per heavy atom. The van der Waals surface area contributed by atoms with Crippen LogP contribution < -0.4 is 0 Å². The van der Waals surface area contributed by atoms with E-state index in [1.165, 1.54) is 5.57 Å². The first-order valence-corrected chi connectivity index (χ1v) is 4.44. The maximum absolute atomic E-state index is 11.0. The lowest BCUT2D eigenvalue weighted by atomic mass is 9.75. The number of hydrogen-bond acceptors (Lipinski definition) is 1. The van der Waals surface area contributed by atoms with E-state index in [0.29, 0.717) is 6.42 Å². The van der Waals surface area contributed by atoms with Crippen LogP contribution in [0.3, 0.4) is 0 Å². The van der Waals surface area contributed by atoms with E-state index in [9.17, 15) is 4.79 Å². The number of hydrogen-bond donors (Lipinski definition) is 0. The topological polar surface area (TPSA) is 17.1 Å². The Balaban J connectivity index is 2.88. The third-order valence-corrected chi connectivity index (χ3v) is 2.86. The zero-order chi connectivity index (χ0) is 9.19. The van der Waals surface area contributed by atoms with E-state index in [1.54, 1.807) is 6.08 Å². The fourth-order valence-corrected chi connectivity index (χ4v) is 1.48. The Morgan fingerprint density at radius 2 is 2.33 bits per heavy atom. The second-order valence-electron chi connectivity index (χ2n) is 3.69. The Kier molecular flexibility index (Phi) is 2.51. The molecule has 12 heavy (non-hydrogen) atoms. The molecule has 0 heterocycles. The van der Waals surface area contributed by atoms with Crippen molar-refractivity contribution in [2.45, 2.75) is 33.6 Å². The van der Waals surface area contributed by atoms with Crippen molar-refractivity contribution in [3.63, 3.8) is 0 Å². The molecule has 0 aromatic heterocycles. The van der Waals surface area contributed by atoms with Crippen LogP contribution in [-0.2, 0) is 4.79 Å². The summed E-state index contributed by atoms with van der Waals surface area (Å²) in [6, 6.07) is 0. The summed E-state index contributed by atoms with van der Waals surface area (Å²) in [5.74, 6) is 0.261. The second-order valence-corrected chi connectivity index (χ2v) is 3.69. The minimum Gasteiger partial charge on any atom is -0.295 e. The molecular formula is C11H16O. The lowest BCUT2D eigenvalue weighted by Gasteiger charge is -2.29. The van der Waals surface area contributed by atoms with Gasteiger partial charge in [0.15, 0.2) is 5.78 Å². The Hall–Kier alpha value is -0.850. The van der Waals surface area contributed by atoms with Crippen LogP contribution in [0.5, 0.6) is 0 Å². The quantitative estimate of drug-likeness (QED) is 0.545. The molecule has 1 unspecified atom stereocenters. The highest BCUT2D eigenvalue weighted by Gasteiger charge is 2.26. The minimum absolute atomic E-state index is 0.128. The molecule has 1 nitrogen and oxygen atoms in total. The van der Waals surface area contributed by atoms with Gasteiger partial charge in [0.1, 0.15) is 0 Å². The van der Waals surface area contributed by atoms with Crippen molar-refractivity contribution in [2.24, 2.45) is 5.41 Å². The maximum Gasteiger partial charge on any atom is 0.155 e. The van der Waals surface area contributed by atoms with Gasteiger partial charge >= 0.3 is 0 Å². The molecule has 0 spiro atoms. The van der Waals surface area contributed by atoms with Gasteiger partial charge in [0, 0.05) is 11.8 Å². The van der Waals surface area contributed by atoms with Crippen molar-refractivity contribution in [3.05, 3.63) is 23.8 Å². The van der Waals surface area contributed by atoms with Crippen LogP contribution in [0.2, 0.25) is 0 Å². The third kappa shape index (κ3) is 1.66. The van der Waals surface area contributed by atoms with Crippen LogP contribution in [0.4, 0.5) is 0 Å². The van der Waals surface area contributed by atoms with Crippen LogP contribution in [0.25, 0.3) is 0 Å². The first kappa shape index (κ1) is 9.24. The summed E-state index contributed by atoms with van der Waals surface area (Å²) in [6.07, 6.45) is 7.53. The lowest BCUT2D eigenvalue weighted by molar-refractivity contribution is -0.115. The highest BCUT2D eigenvalue weighted by atomic mass is 16.1.